The molecule has 0 aliphatic heterocycles. The maximum absolute atomic E-state index is 4.81. The number of aliphatic imine (C=N–C) groups is 1. The molecule has 2 aromatic rings. The first-order chi connectivity index (χ1) is 11.8. The van der Waals surface area contributed by atoms with Crippen molar-refractivity contribution in [2.24, 2.45) is 4.99 Å². The molecule has 0 spiro atoms. The Morgan fingerprint density at radius 2 is 1.96 bits per heavy atom. The second kappa shape index (κ2) is 10.8. The molecule has 2 heterocycles. The Morgan fingerprint density at radius 3 is 2.72 bits per heavy atom. The summed E-state index contributed by atoms with van der Waals surface area (Å²) < 4.78 is 2.16. The molecule has 0 atom stereocenters. The number of halogens is 1. The minimum atomic E-state index is 0. The Kier molecular flexibility index (Phi) is 8.74. The maximum Gasteiger partial charge on any atom is 0.191 e. The summed E-state index contributed by atoms with van der Waals surface area (Å²) in [5.41, 5.74) is 1.37. The first-order valence-electron chi connectivity index (χ1n) is 8.88. The number of aryl methyl sites for hydroxylation is 3. The van der Waals surface area contributed by atoms with Gasteiger partial charge in [0.15, 0.2) is 5.96 Å². The van der Waals surface area contributed by atoms with Crippen molar-refractivity contribution in [3.8, 4) is 0 Å². The van der Waals surface area contributed by atoms with Crippen LogP contribution in [0, 0.1) is 0 Å². The summed E-state index contributed by atoms with van der Waals surface area (Å²) in [5, 5.41) is 8.04. The summed E-state index contributed by atoms with van der Waals surface area (Å²) >= 11 is 1.92. The van der Waals surface area contributed by atoms with Gasteiger partial charge in [0.2, 0.25) is 0 Å². The Labute approximate surface area is 171 Å². The smallest absolute Gasteiger partial charge is 0.191 e. The van der Waals surface area contributed by atoms with Crippen LogP contribution >= 0.6 is 35.3 Å². The second-order valence-corrected chi connectivity index (χ2v) is 7.30. The molecule has 25 heavy (non-hydrogen) atoms. The average molecular weight is 473 g/mol. The van der Waals surface area contributed by atoms with E-state index in [0.29, 0.717) is 0 Å². The summed E-state index contributed by atoms with van der Waals surface area (Å²) in [4.78, 5) is 10.6. The molecule has 0 bridgehead atoms. The lowest BCUT2D eigenvalue weighted by Gasteiger charge is -2.11. The van der Waals surface area contributed by atoms with Crippen molar-refractivity contribution in [2.75, 3.05) is 20.1 Å². The summed E-state index contributed by atoms with van der Waals surface area (Å²) in [6.45, 7) is 2.74. The lowest BCUT2D eigenvalue weighted by atomic mass is 10.0. The van der Waals surface area contributed by atoms with E-state index in [0.717, 1.165) is 38.4 Å². The van der Waals surface area contributed by atoms with Crippen molar-refractivity contribution in [3.63, 3.8) is 0 Å². The van der Waals surface area contributed by atoms with E-state index in [1.54, 1.807) is 0 Å². The van der Waals surface area contributed by atoms with Gasteiger partial charge < -0.3 is 15.2 Å². The minimum Gasteiger partial charge on any atom is -0.356 e. The SMILES string of the molecule is CN=C(NCCCc1nc2c(s1)CCCC2)NCCn1cccc1.I. The van der Waals surface area contributed by atoms with Crippen LogP contribution in [0.15, 0.2) is 29.5 Å². The van der Waals surface area contributed by atoms with Gasteiger partial charge in [0.25, 0.3) is 0 Å². The standard InChI is InChI=1S/C18H27N5S.HI/c1-19-18(21-11-14-23-12-4-5-13-23)20-10-6-9-17-22-15-7-2-3-8-16(15)24-17;/h4-5,12-13H,2-3,6-11,14H2,1H3,(H2,19,20,21);1H. The van der Waals surface area contributed by atoms with Gasteiger partial charge in [0, 0.05) is 50.4 Å². The summed E-state index contributed by atoms with van der Waals surface area (Å²) in [6, 6.07) is 4.09. The number of rotatable bonds is 7. The molecule has 0 amide bonds. The molecular formula is C18H28IN5S. The fourth-order valence-corrected chi connectivity index (χ4v) is 4.20. The molecule has 1 aliphatic carbocycles. The lowest BCUT2D eigenvalue weighted by Crippen LogP contribution is -2.39. The minimum absolute atomic E-state index is 0. The van der Waals surface area contributed by atoms with Crippen molar-refractivity contribution < 1.29 is 0 Å². The van der Waals surface area contributed by atoms with E-state index in [1.165, 1.54) is 41.3 Å². The molecule has 0 unspecified atom stereocenters. The zero-order chi connectivity index (χ0) is 16.6. The Bertz CT molecular complexity index is 627. The second-order valence-electron chi connectivity index (χ2n) is 6.13. The van der Waals surface area contributed by atoms with Crippen LogP contribution in [-0.2, 0) is 25.8 Å². The molecule has 3 rings (SSSR count). The first-order valence-corrected chi connectivity index (χ1v) is 9.69. The van der Waals surface area contributed by atoms with Gasteiger partial charge in [-0.2, -0.15) is 0 Å². The number of aromatic nitrogens is 2. The highest BCUT2D eigenvalue weighted by Crippen LogP contribution is 2.27. The Balaban J connectivity index is 0.00000225. The van der Waals surface area contributed by atoms with Crippen molar-refractivity contribution in [1.82, 2.24) is 20.2 Å². The average Bonchev–Trinajstić information content (AvgIpc) is 3.25. The van der Waals surface area contributed by atoms with E-state index in [2.05, 4.69) is 32.6 Å². The van der Waals surface area contributed by atoms with E-state index >= 15 is 0 Å². The van der Waals surface area contributed by atoms with E-state index in [9.17, 15) is 0 Å². The van der Waals surface area contributed by atoms with Gasteiger partial charge in [-0.1, -0.05) is 0 Å². The number of hydrogen-bond donors (Lipinski definition) is 2. The zero-order valence-corrected chi connectivity index (χ0v) is 18.0. The van der Waals surface area contributed by atoms with Crippen LogP contribution in [0.4, 0.5) is 0 Å². The normalized spacial score (nSPS) is 13.9. The van der Waals surface area contributed by atoms with Gasteiger partial charge in [-0.05, 0) is 44.2 Å². The van der Waals surface area contributed by atoms with Crippen LogP contribution in [-0.4, -0.2) is 35.6 Å². The van der Waals surface area contributed by atoms with Crippen molar-refractivity contribution >= 4 is 41.3 Å². The quantitative estimate of drug-likeness (QED) is 0.281. The van der Waals surface area contributed by atoms with Gasteiger partial charge >= 0.3 is 0 Å². The topological polar surface area (TPSA) is 54.2 Å². The molecule has 7 heteroatoms. The van der Waals surface area contributed by atoms with Crippen LogP contribution in [0.2, 0.25) is 0 Å². The predicted octanol–water partition coefficient (Wildman–Crippen LogP) is 3.24. The number of guanidine groups is 1. The molecule has 2 aromatic heterocycles. The summed E-state index contributed by atoms with van der Waals surface area (Å²) in [7, 11) is 1.82. The van der Waals surface area contributed by atoms with Crippen LogP contribution in [0.5, 0.6) is 0 Å². The highest BCUT2D eigenvalue weighted by atomic mass is 127. The molecule has 2 N–H and O–H groups in total. The monoisotopic (exact) mass is 473 g/mol. The molecule has 0 radical (unpaired) electrons. The molecule has 0 fully saturated rings. The first kappa shape index (κ1) is 20.2. The molecule has 0 aromatic carbocycles. The molecule has 0 saturated heterocycles. The van der Waals surface area contributed by atoms with E-state index < -0.39 is 0 Å². The zero-order valence-electron chi connectivity index (χ0n) is 14.8. The third kappa shape index (κ3) is 6.29. The molecule has 138 valence electrons. The van der Waals surface area contributed by atoms with Crippen molar-refractivity contribution in [1.29, 1.82) is 0 Å². The van der Waals surface area contributed by atoms with Gasteiger partial charge in [0.05, 0.1) is 10.7 Å². The van der Waals surface area contributed by atoms with Crippen LogP contribution in [0.1, 0.15) is 34.8 Å². The third-order valence-electron chi connectivity index (χ3n) is 4.30. The van der Waals surface area contributed by atoms with E-state index in [-0.39, 0.29) is 24.0 Å². The fourth-order valence-electron chi connectivity index (χ4n) is 3.00. The number of nitrogens with one attached hydrogen (secondary N) is 2. The van der Waals surface area contributed by atoms with E-state index in [1.807, 2.05) is 30.5 Å². The third-order valence-corrected chi connectivity index (χ3v) is 5.52. The van der Waals surface area contributed by atoms with E-state index in [4.69, 9.17) is 4.98 Å². The number of fused-ring (bicyclic) bond motifs is 1. The van der Waals surface area contributed by atoms with Crippen LogP contribution in [0.25, 0.3) is 0 Å². The fraction of sp³-hybridized carbons (Fsp3) is 0.556. The Morgan fingerprint density at radius 1 is 1.20 bits per heavy atom. The maximum atomic E-state index is 4.81. The number of hydrogen-bond acceptors (Lipinski definition) is 3. The number of thiazole rings is 1. The molecular weight excluding hydrogens is 445 g/mol. The van der Waals surface area contributed by atoms with Crippen LogP contribution < -0.4 is 10.6 Å². The van der Waals surface area contributed by atoms with Crippen LogP contribution in [0.3, 0.4) is 0 Å². The lowest BCUT2D eigenvalue weighted by molar-refractivity contribution is 0.659. The molecule has 5 nitrogen and oxygen atoms in total. The van der Waals surface area contributed by atoms with Crippen molar-refractivity contribution in [3.05, 3.63) is 40.1 Å². The number of nitrogens with zero attached hydrogens (tertiary/aromatic N) is 3. The highest BCUT2D eigenvalue weighted by molar-refractivity contribution is 14.0. The van der Waals surface area contributed by atoms with Gasteiger partial charge in [-0.25, -0.2) is 4.98 Å². The van der Waals surface area contributed by atoms with Gasteiger partial charge in [-0.15, -0.1) is 35.3 Å². The summed E-state index contributed by atoms with van der Waals surface area (Å²) in [5.74, 6) is 0.876. The predicted molar refractivity (Wildman–Crippen MR) is 116 cm³/mol. The van der Waals surface area contributed by atoms with Gasteiger partial charge in [0.1, 0.15) is 0 Å². The largest absolute Gasteiger partial charge is 0.356 e. The Hall–Kier alpha value is -1.09. The molecule has 1 aliphatic rings. The van der Waals surface area contributed by atoms with Crippen molar-refractivity contribution in [2.45, 2.75) is 45.1 Å². The highest BCUT2D eigenvalue weighted by Gasteiger charge is 2.14. The summed E-state index contributed by atoms with van der Waals surface area (Å²) in [6.07, 6.45) is 11.4. The molecule has 0 saturated carbocycles. The van der Waals surface area contributed by atoms with Gasteiger partial charge in [-0.3, -0.25) is 4.99 Å².